The number of hydrogen-bond acceptors (Lipinski definition) is 4. The Hall–Kier alpha value is -0.130. The van der Waals surface area contributed by atoms with Crippen molar-refractivity contribution >= 4 is 21.9 Å². The first-order chi connectivity index (χ1) is 5.11. The van der Waals surface area contributed by atoms with E-state index in [-0.39, 0.29) is 6.42 Å². The Labute approximate surface area is 73.3 Å². The van der Waals surface area contributed by atoms with Gasteiger partial charge in [0.2, 0.25) is 0 Å². The summed E-state index contributed by atoms with van der Waals surface area (Å²) in [4.78, 5) is 10.6. The summed E-state index contributed by atoms with van der Waals surface area (Å²) in [6.45, 7) is 1.21. The molecule has 0 heterocycles. The number of halogens is 1. The molecule has 0 spiro atoms. The fourth-order valence-electron chi connectivity index (χ4n) is 0.370. The molecule has 0 bridgehead atoms. The van der Waals surface area contributed by atoms with E-state index in [2.05, 4.69) is 20.7 Å². The van der Waals surface area contributed by atoms with Gasteiger partial charge < -0.3 is 14.9 Å². The number of ether oxygens (including phenoxy) is 1. The van der Waals surface area contributed by atoms with E-state index in [1.165, 1.54) is 0 Å². The first-order valence-corrected chi connectivity index (χ1v) is 4.15. The average Bonchev–Trinajstić information content (AvgIpc) is 2.02. The summed E-state index contributed by atoms with van der Waals surface area (Å²) in [6.07, 6.45) is -0.814. The lowest BCUT2D eigenvalue weighted by atomic mass is 10.4. The van der Waals surface area contributed by atoms with E-state index in [1.807, 2.05) is 0 Å². The van der Waals surface area contributed by atoms with Gasteiger partial charge in [-0.05, 0) is 15.9 Å². The topological polar surface area (TPSA) is 66.8 Å². The summed E-state index contributed by atoms with van der Waals surface area (Å²) in [7, 11) is 0. The van der Waals surface area contributed by atoms with Crippen molar-refractivity contribution in [1.29, 1.82) is 0 Å². The van der Waals surface area contributed by atoms with Crippen LogP contribution in [0.15, 0.2) is 0 Å². The summed E-state index contributed by atoms with van der Waals surface area (Å²) in [5, 5.41) is 16.5. The summed E-state index contributed by atoms with van der Waals surface area (Å²) >= 11 is 2.89. The highest BCUT2D eigenvalue weighted by atomic mass is 79.9. The third-order valence-electron chi connectivity index (χ3n) is 1.02. The minimum Gasteiger partial charge on any atom is -0.448 e. The lowest BCUT2D eigenvalue weighted by Gasteiger charge is -2.14. The van der Waals surface area contributed by atoms with Crippen LogP contribution in [0.1, 0.15) is 13.3 Å². The van der Waals surface area contributed by atoms with Crippen molar-refractivity contribution in [2.24, 2.45) is 0 Å². The largest absolute Gasteiger partial charge is 0.448 e. The number of aliphatic hydroxyl groups excluding tert-OH is 2. The van der Waals surface area contributed by atoms with E-state index in [0.29, 0.717) is 0 Å². The molecule has 5 heteroatoms. The van der Waals surface area contributed by atoms with Crippen LogP contribution in [-0.4, -0.2) is 33.9 Å². The minimum atomic E-state index is -1.06. The maximum atomic E-state index is 10.6. The van der Waals surface area contributed by atoms with E-state index >= 15 is 0 Å². The molecule has 4 nitrogen and oxygen atoms in total. The number of alkyl halides is 1. The van der Waals surface area contributed by atoms with Gasteiger partial charge >= 0.3 is 5.97 Å². The second-order valence-electron chi connectivity index (χ2n) is 1.94. The van der Waals surface area contributed by atoms with Gasteiger partial charge in [-0.25, -0.2) is 0 Å². The van der Waals surface area contributed by atoms with Gasteiger partial charge in [-0.15, -0.1) is 0 Å². The molecule has 0 aromatic carbocycles. The van der Waals surface area contributed by atoms with Crippen LogP contribution < -0.4 is 0 Å². The zero-order valence-electron chi connectivity index (χ0n) is 6.16. The smallest absolute Gasteiger partial charge is 0.306 e. The minimum absolute atomic E-state index is 0.250. The average molecular weight is 227 g/mol. The molecule has 11 heavy (non-hydrogen) atoms. The van der Waals surface area contributed by atoms with Gasteiger partial charge in [0, 0.05) is 6.42 Å². The standard InChI is InChI=1S/C6H11BrO4/c1-2-5(10)11-6(7)4(9)3-8/h4,6,8-9H,2-3H2,1H3. The molecule has 0 radical (unpaired) electrons. The molecule has 0 amide bonds. The quantitative estimate of drug-likeness (QED) is 0.524. The SMILES string of the molecule is CCC(=O)OC(Br)C(O)CO. The fourth-order valence-corrected chi connectivity index (χ4v) is 0.746. The first kappa shape index (κ1) is 10.9. The van der Waals surface area contributed by atoms with Crippen molar-refractivity contribution in [3.05, 3.63) is 0 Å². The van der Waals surface area contributed by atoms with E-state index in [4.69, 9.17) is 10.2 Å². The van der Waals surface area contributed by atoms with E-state index in [0.717, 1.165) is 0 Å². The summed E-state index contributed by atoms with van der Waals surface area (Å²) in [5.74, 6) is -0.417. The van der Waals surface area contributed by atoms with E-state index in [1.54, 1.807) is 6.92 Å². The second-order valence-corrected chi connectivity index (χ2v) is 2.85. The van der Waals surface area contributed by atoms with Crippen LogP contribution in [0.5, 0.6) is 0 Å². The van der Waals surface area contributed by atoms with E-state index in [9.17, 15) is 4.79 Å². The highest BCUT2D eigenvalue weighted by Gasteiger charge is 2.17. The van der Waals surface area contributed by atoms with Crippen molar-refractivity contribution in [3.8, 4) is 0 Å². The first-order valence-electron chi connectivity index (χ1n) is 3.24. The predicted octanol–water partition coefficient (Wildman–Crippen LogP) is 0.0138. The Kier molecular flexibility index (Phi) is 5.45. The van der Waals surface area contributed by atoms with Gasteiger partial charge in [0.25, 0.3) is 0 Å². The highest BCUT2D eigenvalue weighted by molar-refractivity contribution is 9.09. The van der Waals surface area contributed by atoms with Gasteiger partial charge in [-0.3, -0.25) is 4.79 Å². The lowest BCUT2D eigenvalue weighted by molar-refractivity contribution is -0.148. The summed E-state index contributed by atoms with van der Waals surface area (Å²) in [6, 6.07) is 0. The Balaban J connectivity index is 3.67. The predicted molar refractivity (Wildman–Crippen MR) is 42.2 cm³/mol. The van der Waals surface area contributed by atoms with Gasteiger partial charge in [0.15, 0.2) is 5.01 Å². The second kappa shape index (κ2) is 5.51. The molecule has 66 valence electrons. The molecule has 0 saturated heterocycles. The number of carbonyl (C=O) groups excluding carboxylic acids is 1. The maximum absolute atomic E-state index is 10.6. The van der Waals surface area contributed by atoms with Crippen molar-refractivity contribution in [2.75, 3.05) is 6.61 Å². The third kappa shape index (κ3) is 4.34. The molecular weight excluding hydrogens is 216 g/mol. The Morgan fingerprint density at radius 2 is 2.27 bits per heavy atom. The number of carbonyl (C=O) groups is 1. The van der Waals surface area contributed by atoms with Crippen molar-refractivity contribution in [2.45, 2.75) is 24.5 Å². The monoisotopic (exact) mass is 226 g/mol. The molecule has 0 fully saturated rings. The van der Waals surface area contributed by atoms with Gasteiger partial charge in [0.1, 0.15) is 6.10 Å². The van der Waals surface area contributed by atoms with Crippen LogP contribution in [0, 0.1) is 0 Å². The fraction of sp³-hybridized carbons (Fsp3) is 0.833. The Morgan fingerprint density at radius 3 is 2.64 bits per heavy atom. The van der Waals surface area contributed by atoms with Crippen LogP contribution in [0.4, 0.5) is 0 Å². The Morgan fingerprint density at radius 1 is 1.73 bits per heavy atom. The van der Waals surface area contributed by atoms with Crippen LogP contribution >= 0.6 is 15.9 Å². The molecule has 2 atom stereocenters. The van der Waals surface area contributed by atoms with Crippen molar-refractivity contribution in [3.63, 3.8) is 0 Å². The molecule has 0 aliphatic heterocycles. The normalized spacial score (nSPS) is 15.6. The van der Waals surface area contributed by atoms with Crippen LogP contribution in [0.2, 0.25) is 0 Å². The van der Waals surface area contributed by atoms with Gasteiger partial charge in [-0.2, -0.15) is 0 Å². The summed E-state index contributed by atoms with van der Waals surface area (Å²) in [5.41, 5.74) is 0. The number of aliphatic hydroxyl groups is 2. The molecule has 0 aliphatic carbocycles. The van der Waals surface area contributed by atoms with Crippen molar-refractivity contribution in [1.82, 2.24) is 0 Å². The third-order valence-corrected chi connectivity index (χ3v) is 1.82. The Bertz CT molecular complexity index is 128. The molecule has 0 aliphatic rings. The van der Waals surface area contributed by atoms with Gasteiger partial charge in [-0.1, -0.05) is 6.92 Å². The number of hydrogen-bond donors (Lipinski definition) is 2. The van der Waals surface area contributed by atoms with E-state index < -0.39 is 23.7 Å². The molecular formula is C6H11BrO4. The summed E-state index contributed by atoms with van der Waals surface area (Å²) < 4.78 is 4.62. The zero-order valence-corrected chi connectivity index (χ0v) is 7.74. The molecule has 2 N–H and O–H groups in total. The zero-order chi connectivity index (χ0) is 8.85. The molecule has 2 unspecified atom stereocenters. The number of rotatable bonds is 4. The van der Waals surface area contributed by atoms with Gasteiger partial charge in [0.05, 0.1) is 6.61 Å². The highest BCUT2D eigenvalue weighted by Crippen LogP contribution is 2.08. The number of esters is 1. The van der Waals surface area contributed by atoms with Crippen LogP contribution in [-0.2, 0) is 9.53 Å². The molecule has 0 aromatic rings. The molecule has 0 aromatic heterocycles. The van der Waals surface area contributed by atoms with Crippen LogP contribution in [0.25, 0.3) is 0 Å². The molecule has 0 saturated carbocycles. The maximum Gasteiger partial charge on any atom is 0.306 e. The molecule has 0 rings (SSSR count). The lowest BCUT2D eigenvalue weighted by Crippen LogP contribution is -2.28. The van der Waals surface area contributed by atoms with Crippen LogP contribution in [0.3, 0.4) is 0 Å². The van der Waals surface area contributed by atoms with Crippen molar-refractivity contribution < 1.29 is 19.7 Å².